The van der Waals surface area contributed by atoms with Crippen LogP contribution in [0.5, 0.6) is 0 Å². The van der Waals surface area contributed by atoms with Gasteiger partial charge in [0.2, 0.25) is 5.91 Å². The maximum Gasteiger partial charge on any atom is 0.329 e. The van der Waals surface area contributed by atoms with Crippen LogP contribution in [0.4, 0.5) is 0 Å². The van der Waals surface area contributed by atoms with Gasteiger partial charge in [-0.1, -0.05) is 5.16 Å². The van der Waals surface area contributed by atoms with Crippen molar-refractivity contribution in [3.8, 4) is 0 Å². The maximum absolute atomic E-state index is 12.5. The molecule has 0 saturated carbocycles. The number of oxime groups is 1. The lowest BCUT2D eigenvalue weighted by atomic mass is 10.1. The number of carboxylic acid groups (broad SMARTS) is 1. The summed E-state index contributed by atoms with van der Waals surface area (Å²) >= 11 is 0. The lowest BCUT2D eigenvalue weighted by Gasteiger charge is -2.33. The number of nitrogens with one attached hydrogen (secondary N) is 1. The maximum atomic E-state index is 12.5. The Morgan fingerprint density at radius 2 is 2.07 bits per heavy atom. The fraction of sp³-hybridized carbons (Fsp3) is 0.471. The molecule has 2 heterocycles. The highest BCUT2D eigenvalue weighted by molar-refractivity contribution is 5.99. The van der Waals surface area contributed by atoms with E-state index in [1.54, 1.807) is 11.8 Å². The van der Waals surface area contributed by atoms with E-state index in [9.17, 15) is 14.4 Å². The first kappa shape index (κ1) is 21.1. The number of carbonyl (C=O) groups excluding carboxylic acids is 2. The molecule has 1 aromatic heterocycles. The number of nitrogens with two attached hydrogens (primary N) is 1. The van der Waals surface area contributed by atoms with Crippen molar-refractivity contribution in [1.29, 1.82) is 0 Å². The summed E-state index contributed by atoms with van der Waals surface area (Å²) in [6.45, 7) is 2.08. The van der Waals surface area contributed by atoms with Crippen LogP contribution in [0.2, 0.25) is 0 Å². The number of carbonyl (C=O) groups is 3. The molecule has 1 aliphatic rings. The number of piperidine rings is 1. The van der Waals surface area contributed by atoms with E-state index in [1.165, 1.54) is 18.3 Å². The van der Waals surface area contributed by atoms with Crippen molar-refractivity contribution in [2.24, 2.45) is 10.9 Å². The Hall–Kier alpha value is -3.21. The van der Waals surface area contributed by atoms with Gasteiger partial charge in [0.05, 0.1) is 6.10 Å². The molecule has 2 rings (SSSR count). The molecule has 0 bridgehead atoms. The topological polar surface area (TPSA) is 167 Å². The van der Waals surface area contributed by atoms with Gasteiger partial charge >= 0.3 is 5.97 Å². The molecule has 1 aromatic rings. The van der Waals surface area contributed by atoms with Gasteiger partial charge in [-0.05, 0) is 31.9 Å². The predicted octanol–water partition coefficient (Wildman–Crippen LogP) is -0.613. The first-order valence-corrected chi connectivity index (χ1v) is 8.68. The number of carboxylic acids is 1. The summed E-state index contributed by atoms with van der Waals surface area (Å²) in [4.78, 5) is 40.9. The number of amidine groups is 1. The average molecular weight is 393 g/mol. The number of amides is 2. The molecule has 0 aromatic carbocycles. The SMILES string of the molecule is C[C@H](NC(=O)c1ccc(C(N)=NO)cn1)C(=O)N1CCC(OCC(=O)O)CC1. The highest BCUT2D eigenvalue weighted by Gasteiger charge is 2.27. The second-order valence-corrected chi connectivity index (χ2v) is 6.34. The number of hydrogen-bond acceptors (Lipinski definition) is 7. The zero-order chi connectivity index (χ0) is 20.7. The van der Waals surface area contributed by atoms with E-state index in [4.69, 9.17) is 20.8 Å². The summed E-state index contributed by atoms with van der Waals surface area (Å²) < 4.78 is 5.24. The van der Waals surface area contributed by atoms with Gasteiger partial charge in [-0.25, -0.2) is 4.79 Å². The lowest BCUT2D eigenvalue weighted by molar-refractivity contribution is -0.147. The molecule has 1 aliphatic heterocycles. The molecule has 0 aliphatic carbocycles. The standard InChI is InChI=1S/C17H23N5O6/c1-10(17(26)22-6-4-12(5-7-22)28-9-14(23)24)20-16(25)13-3-2-11(8-19-13)15(18)21-27/h2-3,8,10,12,27H,4-7,9H2,1H3,(H2,18,21)(H,20,25)(H,23,24)/t10-/m0/s1. The number of pyridine rings is 1. The normalized spacial score (nSPS) is 16.5. The molecular formula is C17H23N5O6. The minimum atomic E-state index is -1.03. The van der Waals surface area contributed by atoms with Crippen molar-refractivity contribution in [1.82, 2.24) is 15.2 Å². The van der Waals surface area contributed by atoms with E-state index >= 15 is 0 Å². The number of rotatable bonds is 7. The Bertz CT molecular complexity index is 743. The molecule has 152 valence electrons. The van der Waals surface area contributed by atoms with Crippen LogP contribution >= 0.6 is 0 Å². The molecule has 0 spiro atoms. The van der Waals surface area contributed by atoms with Crippen LogP contribution in [0.1, 0.15) is 35.8 Å². The van der Waals surface area contributed by atoms with Crippen molar-refractivity contribution < 1.29 is 29.4 Å². The van der Waals surface area contributed by atoms with E-state index in [-0.39, 0.29) is 30.1 Å². The first-order valence-electron chi connectivity index (χ1n) is 8.68. The van der Waals surface area contributed by atoms with E-state index in [1.807, 2.05) is 0 Å². The van der Waals surface area contributed by atoms with Crippen molar-refractivity contribution in [3.63, 3.8) is 0 Å². The Balaban J connectivity index is 1.85. The third-order valence-electron chi connectivity index (χ3n) is 4.31. The molecule has 0 unspecified atom stereocenters. The van der Waals surface area contributed by atoms with Crippen LogP contribution in [-0.2, 0) is 14.3 Å². The van der Waals surface area contributed by atoms with Gasteiger partial charge in [-0.3, -0.25) is 14.6 Å². The second-order valence-electron chi connectivity index (χ2n) is 6.34. The molecule has 1 saturated heterocycles. The van der Waals surface area contributed by atoms with Crippen LogP contribution in [0.25, 0.3) is 0 Å². The number of ether oxygens (including phenoxy) is 1. The van der Waals surface area contributed by atoms with Crippen LogP contribution < -0.4 is 11.1 Å². The summed E-state index contributed by atoms with van der Waals surface area (Å²) in [5, 5.41) is 22.7. The van der Waals surface area contributed by atoms with Crippen molar-refractivity contribution in [2.45, 2.75) is 31.9 Å². The lowest BCUT2D eigenvalue weighted by Crippen LogP contribution is -2.50. The summed E-state index contributed by atoms with van der Waals surface area (Å²) in [5.41, 5.74) is 5.89. The molecule has 11 heteroatoms. The summed E-state index contributed by atoms with van der Waals surface area (Å²) in [6.07, 6.45) is 2.17. The third-order valence-corrected chi connectivity index (χ3v) is 4.31. The Morgan fingerprint density at radius 3 is 2.61 bits per heavy atom. The molecule has 2 amide bonds. The van der Waals surface area contributed by atoms with Crippen LogP contribution in [0.3, 0.4) is 0 Å². The Kier molecular flexibility index (Phi) is 7.27. The van der Waals surface area contributed by atoms with Gasteiger partial charge in [-0.2, -0.15) is 0 Å². The number of aromatic nitrogens is 1. The van der Waals surface area contributed by atoms with Gasteiger partial charge in [0, 0.05) is 24.8 Å². The predicted molar refractivity (Wildman–Crippen MR) is 96.9 cm³/mol. The quantitative estimate of drug-likeness (QED) is 0.206. The summed E-state index contributed by atoms with van der Waals surface area (Å²) in [5.74, 6) is -1.91. The molecular weight excluding hydrogens is 370 g/mol. The number of nitrogens with zero attached hydrogens (tertiary/aromatic N) is 3. The van der Waals surface area contributed by atoms with Gasteiger partial charge in [0.15, 0.2) is 5.84 Å². The van der Waals surface area contributed by atoms with Crippen LogP contribution in [0, 0.1) is 0 Å². The smallest absolute Gasteiger partial charge is 0.329 e. The van der Waals surface area contributed by atoms with Crippen molar-refractivity contribution >= 4 is 23.6 Å². The molecule has 28 heavy (non-hydrogen) atoms. The largest absolute Gasteiger partial charge is 0.480 e. The minimum absolute atomic E-state index is 0.0925. The zero-order valence-corrected chi connectivity index (χ0v) is 15.4. The Labute approximate surface area is 161 Å². The summed E-state index contributed by atoms with van der Waals surface area (Å²) in [6, 6.07) is 2.13. The fourth-order valence-corrected chi connectivity index (χ4v) is 2.78. The van der Waals surface area contributed by atoms with E-state index in [2.05, 4.69) is 15.5 Å². The second kappa shape index (κ2) is 9.65. The molecule has 1 fully saturated rings. The molecule has 5 N–H and O–H groups in total. The number of hydrogen-bond donors (Lipinski definition) is 4. The van der Waals surface area contributed by atoms with E-state index in [0.29, 0.717) is 31.5 Å². The highest BCUT2D eigenvalue weighted by Crippen LogP contribution is 2.14. The number of aliphatic carboxylic acids is 1. The van der Waals surface area contributed by atoms with Crippen molar-refractivity contribution in [2.75, 3.05) is 19.7 Å². The average Bonchev–Trinajstić information content (AvgIpc) is 2.71. The fourth-order valence-electron chi connectivity index (χ4n) is 2.78. The monoisotopic (exact) mass is 393 g/mol. The van der Waals surface area contributed by atoms with E-state index < -0.39 is 17.9 Å². The first-order chi connectivity index (χ1) is 13.3. The van der Waals surface area contributed by atoms with Crippen LogP contribution in [0.15, 0.2) is 23.5 Å². The molecule has 1 atom stereocenters. The van der Waals surface area contributed by atoms with Crippen molar-refractivity contribution in [3.05, 3.63) is 29.6 Å². The van der Waals surface area contributed by atoms with Gasteiger partial charge in [0.25, 0.3) is 5.91 Å². The summed E-state index contributed by atoms with van der Waals surface area (Å²) in [7, 11) is 0. The van der Waals surface area contributed by atoms with Crippen LogP contribution in [-0.4, -0.2) is 75.7 Å². The minimum Gasteiger partial charge on any atom is -0.480 e. The Morgan fingerprint density at radius 1 is 1.39 bits per heavy atom. The van der Waals surface area contributed by atoms with Gasteiger partial charge in [-0.15, -0.1) is 0 Å². The molecule has 11 nitrogen and oxygen atoms in total. The number of likely N-dealkylation sites (tertiary alicyclic amines) is 1. The highest BCUT2D eigenvalue weighted by atomic mass is 16.5. The van der Waals surface area contributed by atoms with E-state index in [0.717, 1.165) is 0 Å². The zero-order valence-electron chi connectivity index (χ0n) is 15.4. The third kappa shape index (κ3) is 5.64. The molecule has 0 radical (unpaired) electrons. The van der Waals surface area contributed by atoms with Gasteiger partial charge in [0.1, 0.15) is 18.3 Å². The van der Waals surface area contributed by atoms with Gasteiger partial charge < -0.3 is 31.0 Å².